The second-order valence-electron chi connectivity index (χ2n) is 4.47. The van der Waals surface area contributed by atoms with Crippen LogP contribution >= 0.6 is 0 Å². The molecule has 0 N–H and O–H groups in total. The van der Waals surface area contributed by atoms with E-state index < -0.39 is 16.0 Å². The number of aryl methyl sites for hydroxylation is 2. The van der Waals surface area contributed by atoms with Gasteiger partial charge in [-0.3, -0.25) is 0 Å². The van der Waals surface area contributed by atoms with E-state index in [2.05, 4.69) is 9.97 Å². The zero-order valence-corrected chi connectivity index (χ0v) is 11.8. The Morgan fingerprint density at radius 3 is 1.71 bits per heavy atom. The first-order valence-electron chi connectivity index (χ1n) is 6.24. The van der Waals surface area contributed by atoms with Crippen molar-refractivity contribution in [3.8, 4) is 0 Å². The SMILES string of the molecule is CCC(n1c([N+](=O)[O-])cnc1C)n1c([N+](=O)[O-])cnc1C. The number of imidazole rings is 2. The molecule has 0 atom stereocenters. The summed E-state index contributed by atoms with van der Waals surface area (Å²) in [7, 11) is 0. The van der Waals surface area contributed by atoms with Crippen molar-refractivity contribution < 1.29 is 9.85 Å². The molecule has 2 rings (SSSR count). The molecule has 10 nitrogen and oxygen atoms in total. The van der Waals surface area contributed by atoms with Gasteiger partial charge in [0.05, 0.1) is 0 Å². The Kier molecular flexibility index (Phi) is 3.70. The largest absolute Gasteiger partial charge is 0.358 e. The van der Waals surface area contributed by atoms with E-state index in [4.69, 9.17) is 0 Å². The molecule has 0 aliphatic carbocycles. The molecule has 10 heteroatoms. The summed E-state index contributed by atoms with van der Waals surface area (Å²) >= 11 is 0. The van der Waals surface area contributed by atoms with Crippen LogP contribution in [0.5, 0.6) is 0 Å². The molecule has 0 aliphatic rings. The van der Waals surface area contributed by atoms with Crippen molar-refractivity contribution in [3.05, 3.63) is 44.3 Å². The van der Waals surface area contributed by atoms with Crippen molar-refractivity contribution in [2.24, 2.45) is 0 Å². The average Bonchev–Trinajstić information content (AvgIpc) is 2.96. The molecule has 2 aromatic rings. The highest BCUT2D eigenvalue weighted by Crippen LogP contribution is 2.29. The Hall–Kier alpha value is -2.78. The second kappa shape index (κ2) is 5.31. The first kappa shape index (κ1) is 14.6. The fourth-order valence-corrected chi connectivity index (χ4v) is 2.37. The second-order valence-corrected chi connectivity index (χ2v) is 4.47. The fourth-order valence-electron chi connectivity index (χ4n) is 2.37. The lowest BCUT2D eigenvalue weighted by molar-refractivity contribution is -0.396. The van der Waals surface area contributed by atoms with Crippen LogP contribution in [-0.2, 0) is 0 Å². The van der Waals surface area contributed by atoms with Crippen LogP contribution in [0.4, 0.5) is 11.6 Å². The van der Waals surface area contributed by atoms with Crippen molar-refractivity contribution in [2.45, 2.75) is 33.4 Å². The van der Waals surface area contributed by atoms with Gasteiger partial charge in [0.15, 0.2) is 11.6 Å². The summed E-state index contributed by atoms with van der Waals surface area (Å²) in [6, 6.07) is 0. The number of nitrogens with zero attached hydrogens (tertiary/aromatic N) is 6. The minimum absolute atomic E-state index is 0.207. The van der Waals surface area contributed by atoms with Crippen molar-refractivity contribution in [2.75, 3.05) is 0 Å². The van der Waals surface area contributed by atoms with Gasteiger partial charge in [-0.05, 0) is 9.85 Å². The normalized spacial score (nSPS) is 11.0. The topological polar surface area (TPSA) is 122 Å². The summed E-state index contributed by atoms with van der Waals surface area (Å²) < 4.78 is 2.75. The zero-order chi connectivity index (χ0) is 15.7. The van der Waals surface area contributed by atoms with E-state index in [1.165, 1.54) is 9.13 Å². The smallest absolute Gasteiger partial charge is 0.346 e. The van der Waals surface area contributed by atoms with Gasteiger partial charge in [0.1, 0.15) is 12.4 Å². The first-order valence-corrected chi connectivity index (χ1v) is 6.24. The minimum Gasteiger partial charge on any atom is -0.358 e. The number of rotatable bonds is 5. The summed E-state index contributed by atoms with van der Waals surface area (Å²) in [6.45, 7) is 5.03. The van der Waals surface area contributed by atoms with Gasteiger partial charge in [0, 0.05) is 20.3 Å². The minimum atomic E-state index is -0.629. The summed E-state index contributed by atoms with van der Waals surface area (Å²) in [5.41, 5.74) is 0. The lowest BCUT2D eigenvalue weighted by Gasteiger charge is -2.14. The van der Waals surface area contributed by atoms with Gasteiger partial charge in [-0.1, -0.05) is 6.92 Å². The quantitative estimate of drug-likeness (QED) is 0.613. The number of nitro groups is 2. The van der Waals surface area contributed by atoms with Crippen LogP contribution in [-0.4, -0.2) is 28.9 Å². The van der Waals surface area contributed by atoms with Gasteiger partial charge in [-0.2, -0.15) is 9.13 Å². The molecule has 0 bridgehead atoms. The maximum Gasteiger partial charge on any atom is 0.346 e. The molecule has 0 fully saturated rings. The van der Waals surface area contributed by atoms with Gasteiger partial charge in [0.25, 0.3) is 0 Å². The van der Waals surface area contributed by atoms with E-state index in [-0.39, 0.29) is 11.6 Å². The fraction of sp³-hybridized carbons (Fsp3) is 0.455. The third-order valence-electron chi connectivity index (χ3n) is 3.26. The number of hydrogen-bond acceptors (Lipinski definition) is 6. The van der Waals surface area contributed by atoms with Crippen molar-refractivity contribution in [1.82, 2.24) is 19.1 Å². The highest BCUT2D eigenvalue weighted by molar-refractivity contribution is 5.25. The summed E-state index contributed by atoms with van der Waals surface area (Å²) in [6.07, 6.45) is 2.08. The summed E-state index contributed by atoms with van der Waals surface area (Å²) in [5, 5.41) is 22.2. The molecular formula is C11H14N6O4. The van der Waals surface area contributed by atoms with E-state index in [9.17, 15) is 20.2 Å². The van der Waals surface area contributed by atoms with E-state index in [1.807, 2.05) is 0 Å². The maximum atomic E-state index is 11.1. The Labute approximate surface area is 119 Å². The maximum absolute atomic E-state index is 11.1. The molecule has 0 aromatic carbocycles. The highest BCUT2D eigenvalue weighted by atomic mass is 16.6. The van der Waals surface area contributed by atoms with Crippen LogP contribution in [0.1, 0.15) is 31.2 Å². The summed E-state index contributed by atoms with van der Waals surface area (Å²) in [4.78, 5) is 29.0. The standard InChI is InChI=1S/C11H14N6O4/c1-4-9(14-7(2)12-5-10(14)16(18)19)15-8(3)13-6-11(15)17(20)21/h5-6,9H,4H2,1-3H3. The molecule has 21 heavy (non-hydrogen) atoms. The van der Waals surface area contributed by atoms with E-state index in [0.717, 1.165) is 12.4 Å². The van der Waals surface area contributed by atoms with Gasteiger partial charge in [-0.15, -0.1) is 0 Å². The molecule has 2 aromatic heterocycles. The van der Waals surface area contributed by atoms with Crippen LogP contribution in [0.3, 0.4) is 0 Å². The molecule has 0 spiro atoms. The third-order valence-corrected chi connectivity index (χ3v) is 3.26. The molecule has 0 radical (unpaired) electrons. The third kappa shape index (κ3) is 2.35. The number of hydrogen-bond donors (Lipinski definition) is 0. The van der Waals surface area contributed by atoms with Gasteiger partial charge in [0.2, 0.25) is 6.17 Å². The van der Waals surface area contributed by atoms with Crippen molar-refractivity contribution >= 4 is 11.6 Å². The van der Waals surface area contributed by atoms with Gasteiger partial charge in [-0.25, -0.2) is 9.97 Å². The summed E-state index contributed by atoms with van der Waals surface area (Å²) in [5.74, 6) is 0.412. The lowest BCUT2D eigenvalue weighted by Crippen LogP contribution is -2.22. The Balaban J connectivity index is 2.66. The Morgan fingerprint density at radius 1 is 1.05 bits per heavy atom. The zero-order valence-electron chi connectivity index (χ0n) is 11.8. The molecule has 0 unspecified atom stereocenters. The number of aromatic nitrogens is 4. The predicted octanol–water partition coefficient (Wildman–Crippen LogP) is 1.97. The van der Waals surface area contributed by atoms with Gasteiger partial charge >= 0.3 is 11.6 Å². The van der Waals surface area contributed by atoms with E-state index in [0.29, 0.717) is 18.1 Å². The van der Waals surface area contributed by atoms with Crippen molar-refractivity contribution in [1.29, 1.82) is 0 Å². The van der Waals surface area contributed by atoms with Crippen molar-refractivity contribution in [3.63, 3.8) is 0 Å². The molecule has 2 heterocycles. The van der Waals surface area contributed by atoms with Crippen LogP contribution in [0.25, 0.3) is 0 Å². The Bertz CT molecular complexity index is 645. The average molecular weight is 294 g/mol. The monoisotopic (exact) mass is 294 g/mol. The van der Waals surface area contributed by atoms with E-state index >= 15 is 0 Å². The lowest BCUT2D eigenvalue weighted by atomic mass is 10.3. The van der Waals surface area contributed by atoms with Crippen LogP contribution < -0.4 is 0 Å². The van der Waals surface area contributed by atoms with Crippen LogP contribution in [0, 0.1) is 34.1 Å². The molecule has 0 saturated heterocycles. The van der Waals surface area contributed by atoms with Crippen LogP contribution in [0.15, 0.2) is 12.4 Å². The molecule has 112 valence electrons. The van der Waals surface area contributed by atoms with E-state index in [1.54, 1.807) is 20.8 Å². The van der Waals surface area contributed by atoms with Gasteiger partial charge < -0.3 is 20.2 Å². The van der Waals surface area contributed by atoms with Crippen LogP contribution in [0.2, 0.25) is 0 Å². The Morgan fingerprint density at radius 2 is 1.43 bits per heavy atom. The molecule has 0 aliphatic heterocycles. The predicted molar refractivity (Wildman–Crippen MR) is 72.0 cm³/mol. The molecule has 0 saturated carbocycles. The molecular weight excluding hydrogens is 280 g/mol. The molecule has 0 amide bonds. The highest BCUT2D eigenvalue weighted by Gasteiger charge is 2.34. The first-order chi connectivity index (χ1) is 9.88.